The number of halogens is 2. The number of anilines is 3. The lowest BCUT2D eigenvalue weighted by Crippen LogP contribution is -2.52. The van der Waals surface area contributed by atoms with Crippen molar-refractivity contribution in [1.82, 2.24) is 14.9 Å². The van der Waals surface area contributed by atoms with Gasteiger partial charge in [0.1, 0.15) is 23.7 Å². The van der Waals surface area contributed by atoms with E-state index in [2.05, 4.69) is 25.5 Å². The number of benzene rings is 2. The summed E-state index contributed by atoms with van der Waals surface area (Å²) >= 11 is 5.90. The van der Waals surface area contributed by atoms with Gasteiger partial charge in [-0.05, 0) is 43.0 Å². The molecule has 1 amide bonds. The van der Waals surface area contributed by atoms with Crippen molar-refractivity contribution in [2.24, 2.45) is 5.92 Å². The molecular formula is C25H25ClFN5O2. The maximum atomic E-state index is 13.5. The monoisotopic (exact) mass is 481 g/mol. The zero-order chi connectivity index (χ0) is 23.7. The summed E-state index contributed by atoms with van der Waals surface area (Å²) in [6.07, 6.45) is 8.80. The van der Waals surface area contributed by atoms with Crippen LogP contribution in [0.15, 0.2) is 48.8 Å². The number of ether oxygens (including phenoxy) is 1. The topological polar surface area (TPSA) is 79.4 Å². The molecule has 2 atom stereocenters. The third kappa shape index (κ3) is 4.56. The average Bonchev–Trinajstić information content (AvgIpc) is 3.19. The molecule has 0 radical (unpaired) electrons. The molecular weight excluding hydrogens is 457 g/mol. The molecule has 2 aromatic carbocycles. The average molecular weight is 482 g/mol. The standard InChI is InChI=1S/C25H25ClFN5O2/c1-34-23-12-20-17(25(29-14-28-20)30-16-7-8-19(27)18(26)10-16)11-21(23)31-24(33)6-3-9-32-13-15-4-2-5-22(15)32/h3,6-8,10-12,14-15,22H,2,4-5,9,13H2,1H3,(H,31,33)(H,28,29,30)/b6-3+. The van der Waals surface area contributed by atoms with Gasteiger partial charge in [-0.15, -0.1) is 0 Å². The van der Waals surface area contributed by atoms with Crippen molar-refractivity contribution < 1.29 is 13.9 Å². The highest BCUT2D eigenvalue weighted by atomic mass is 35.5. The van der Waals surface area contributed by atoms with Crippen LogP contribution in [-0.4, -0.2) is 47.0 Å². The Hall–Kier alpha value is -3.23. The number of aromatic nitrogens is 2. The van der Waals surface area contributed by atoms with Crippen molar-refractivity contribution in [1.29, 1.82) is 0 Å². The second-order valence-electron chi connectivity index (χ2n) is 8.65. The van der Waals surface area contributed by atoms with Crippen LogP contribution >= 0.6 is 11.6 Å². The molecule has 2 fully saturated rings. The predicted octanol–water partition coefficient (Wildman–Crippen LogP) is 5.15. The molecule has 1 saturated heterocycles. The second-order valence-corrected chi connectivity index (χ2v) is 9.06. The van der Waals surface area contributed by atoms with Crippen LogP contribution in [0.25, 0.3) is 10.9 Å². The minimum absolute atomic E-state index is 0.00597. The van der Waals surface area contributed by atoms with Crippen molar-refractivity contribution in [2.75, 3.05) is 30.8 Å². The fourth-order valence-electron chi connectivity index (χ4n) is 4.85. The Morgan fingerprint density at radius 2 is 2.18 bits per heavy atom. The van der Waals surface area contributed by atoms with Crippen LogP contribution in [0.3, 0.4) is 0 Å². The number of amides is 1. The van der Waals surface area contributed by atoms with Crippen LogP contribution < -0.4 is 15.4 Å². The molecule has 7 nitrogen and oxygen atoms in total. The van der Waals surface area contributed by atoms with Crippen LogP contribution in [0.2, 0.25) is 5.02 Å². The van der Waals surface area contributed by atoms with Crippen LogP contribution in [0, 0.1) is 11.7 Å². The van der Waals surface area contributed by atoms with Crippen molar-refractivity contribution in [3.8, 4) is 5.75 Å². The van der Waals surface area contributed by atoms with E-state index in [0.29, 0.717) is 39.9 Å². The van der Waals surface area contributed by atoms with Gasteiger partial charge in [-0.25, -0.2) is 14.4 Å². The molecule has 1 aromatic heterocycles. The van der Waals surface area contributed by atoms with Crippen molar-refractivity contribution >= 4 is 45.6 Å². The first kappa shape index (κ1) is 22.6. The first-order valence-electron chi connectivity index (χ1n) is 11.3. The second kappa shape index (κ2) is 9.56. The first-order chi connectivity index (χ1) is 16.5. The lowest BCUT2D eigenvalue weighted by molar-refractivity contribution is -0.111. The molecule has 176 valence electrons. The van der Waals surface area contributed by atoms with Gasteiger partial charge in [-0.3, -0.25) is 9.69 Å². The van der Waals surface area contributed by atoms with E-state index in [4.69, 9.17) is 16.3 Å². The Balaban J connectivity index is 1.33. The normalized spacial score (nSPS) is 19.7. The Morgan fingerprint density at radius 3 is 2.97 bits per heavy atom. The van der Waals surface area contributed by atoms with Gasteiger partial charge in [0.05, 0.1) is 23.3 Å². The summed E-state index contributed by atoms with van der Waals surface area (Å²) in [6, 6.07) is 8.51. The number of likely N-dealkylation sites (tertiary alicyclic amines) is 1. The number of rotatable bonds is 7. The maximum absolute atomic E-state index is 13.5. The number of hydrogen-bond acceptors (Lipinski definition) is 6. The van der Waals surface area contributed by atoms with Gasteiger partial charge in [0, 0.05) is 42.3 Å². The fraction of sp³-hybridized carbons (Fsp3) is 0.320. The highest BCUT2D eigenvalue weighted by molar-refractivity contribution is 6.31. The summed E-state index contributed by atoms with van der Waals surface area (Å²) in [7, 11) is 1.54. The molecule has 3 aromatic rings. The lowest BCUT2D eigenvalue weighted by Gasteiger charge is -2.44. The summed E-state index contributed by atoms with van der Waals surface area (Å²) in [4.78, 5) is 23.6. The van der Waals surface area contributed by atoms with Gasteiger partial charge in [0.2, 0.25) is 5.91 Å². The van der Waals surface area contributed by atoms with E-state index in [1.54, 1.807) is 24.3 Å². The van der Waals surface area contributed by atoms with Gasteiger partial charge in [-0.1, -0.05) is 24.1 Å². The van der Waals surface area contributed by atoms with Crippen LogP contribution in [0.1, 0.15) is 19.3 Å². The van der Waals surface area contributed by atoms with Gasteiger partial charge in [-0.2, -0.15) is 0 Å². The van der Waals surface area contributed by atoms with Gasteiger partial charge < -0.3 is 15.4 Å². The van der Waals surface area contributed by atoms with Crippen LogP contribution in [0.4, 0.5) is 21.6 Å². The Morgan fingerprint density at radius 1 is 1.29 bits per heavy atom. The molecule has 0 spiro atoms. The van der Waals surface area contributed by atoms with Gasteiger partial charge in [0.25, 0.3) is 0 Å². The third-order valence-electron chi connectivity index (χ3n) is 6.56. The molecule has 1 aliphatic carbocycles. The van der Waals surface area contributed by atoms with Gasteiger partial charge >= 0.3 is 0 Å². The highest BCUT2D eigenvalue weighted by Crippen LogP contribution is 2.38. The highest BCUT2D eigenvalue weighted by Gasteiger charge is 2.40. The third-order valence-corrected chi connectivity index (χ3v) is 6.85. The minimum Gasteiger partial charge on any atom is -0.494 e. The number of carbonyl (C=O) groups excluding carboxylic acids is 1. The molecule has 2 aliphatic rings. The van der Waals surface area contributed by atoms with E-state index in [1.165, 1.54) is 44.8 Å². The van der Waals surface area contributed by atoms with Crippen molar-refractivity contribution in [3.05, 3.63) is 59.7 Å². The summed E-state index contributed by atoms with van der Waals surface area (Å²) < 4.78 is 19.0. The molecule has 1 aliphatic heterocycles. The zero-order valence-electron chi connectivity index (χ0n) is 18.7. The smallest absolute Gasteiger partial charge is 0.248 e. The largest absolute Gasteiger partial charge is 0.494 e. The van der Waals surface area contributed by atoms with E-state index >= 15 is 0 Å². The SMILES string of the molecule is COc1cc2ncnc(Nc3ccc(F)c(Cl)c3)c2cc1NC(=O)/C=C/CN1CC2CCCC21. The summed E-state index contributed by atoms with van der Waals surface area (Å²) in [5.74, 6) is 1.09. The Bertz CT molecular complexity index is 1270. The minimum atomic E-state index is -0.500. The summed E-state index contributed by atoms with van der Waals surface area (Å²) in [5.41, 5.74) is 1.70. The quantitative estimate of drug-likeness (QED) is 0.454. The molecule has 5 rings (SSSR count). The van der Waals surface area contributed by atoms with Crippen molar-refractivity contribution in [3.63, 3.8) is 0 Å². The van der Waals surface area contributed by atoms with E-state index in [9.17, 15) is 9.18 Å². The number of fused-ring (bicyclic) bond motifs is 2. The maximum Gasteiger partial charge on any atom is 0.248 e. The van der Waals surface area contributed by atoms with Gasteiger partial charge in [0.15, 0.2) is 0 Å². The molecule has 0 bridgehead atoms. The number of nitrogens with zero attached hydrogens (tertiary/aromatic N) is 3. The van der Waals surface area contributed by atoms with Crippen molar-refractivity contribution in [2.45, 2.75) is 25.3 Å². The molecule has 1 saturated carbocycles. The number of nitrogens with one attached hydrogen (secondary N) is 2. The van der Waals surface area contributed by atoms with E-state index in [-0.39, 0.29) is 10.9 Å². The lowest BCUT2D eigenvalue weighted by atomic mass is 9.92. The molecule has 2 unspecified atom stereocenters. The molecule has 9 heteroatoms. The molecule has 34 heavy (non-hydrogen) atoms. The van der Waals surface area contributed by atoms with Crippen LogP contribution in [0.5, 0.6) is 5.75 Å². The Labute approximate surface area is 202 Å². The molecule has 2 N–H and O–H groups in total. The van der Waals surface area contributed by atoms with Crippen LogP contribution in [-0.2, 0) is 4.79 Å². The number of carbonyl (C=O) groups is 1. The summed E-state index contributed by atoms with van der Waals surface area (Å²) in [5, 5.41) is 6.70. The van der Waals surface area contributed by atoms with E-state index < -0.39 is 5.82 Å². The Kier molecular flexibility index (Phi) is 6.34. The van der Waals surface area contributed by atoms with E-state index in [0.717, 1.165) is 19.0 Å². The predicted molar refractivity (Wildman–Crippen MR) is 131 cm³/mol. The molecule has 2 heterocycles. The first-order valence-corrected chi connectivity index (χ1v) is 11.7. The van der Waals surface area contributed by atoms with E-state index in [1.807, 2.05) is 6.08 Å². The number of hydrogen-bond donors (Lipinski definition) is 2. The zero-order valence-corrected chi connectivity index (χ0v) is 19.5. The summed E-state index contributed by atoms with van der Waals surface area (Å²) in [6.45, 7) is 1.91. The number of methoxy groups -OCH3 is 1. The fourth-order valence-corrected chi connectivity index (χ4v) is 5.03.